The second-order valence-corrected chi connectivity index (χ2v) is 5.02. The van der Waals surface area contributed by atoms with E-state index in [0.717, 1.165) is 31.0 Å². The molecule has 6 nitrogen and oxygen atoms in total. The van der Waals surface area contributed by atoms with Gasteiger partial charge in [-0.25, -0.2) is 15.0 Å². The van der Waals surface area contributed by atoms with Gasteiger partial charge in [0.1, 0.15) is 17.8 Å². The number of pyridine rings is 2. The molecule has 0 N–H and O–H groups in total. The number of carbonyl (C=O) groups excluding carboxylic acids is 1. The highest BCUT2D eigenvalue weighted by Gasteiger charge is 2.23. The lowest BCUT2D eigenvalue weighted by Gasteiger charge is -2.33. The summed E-state index contributed by atoms with van der Waals surface area (Å²) in [5, 5.41) is 0. The molecule has 0 spiro atoms. The van der Waals surface area contributed by atoms with Gasteiger partial charge < -0.3 is 4.90 Å². The fourth-order valence-electron chi connectivity index (χ4n) is 2.45. The van der Waals surface area contributed by atoms with Crippen molar-refractivity contribution < 1.29 is 4.79 Å². The zero-order valence-electron chi connectivity index (χ0n) is 11.3. The summed E-state index contributed by atoms with van der Waals surface area (Å²) in [7, 11) is 0. The molecule has 0 amide bonds. The van der Waals surface area contributed by atoms with Crippen LogP contribution in [-0.2, 0) is 0 Å². The van der Waals surface area contributed by atoms with Crippen LogP contribution in [0.25, 0.3) is 11.4 Å². The Balaban J connectivity index is 1.76. The van der Waals surface area contributed by atoms with Gasteiger partial charge in [-0.05, 0) is 24.6 Å². The summed E-state index contributed by atoms with van der Waals surface area (Å²) in [6.45, 7) is 1.91. The molecule has 0 aliphatic carbocycles. The number of anilines is 1. The van der Waals surface area contributed by atoms with Gasteiger partial charge in [-0.15, -0.1) is 0 Å². The van der Waals surface area contributed by atoms with E-state index >= 15 is 0 Å². The Bertz CT molecular complexity index is 777. The number of rotatable bonds is 2. The van der Waals surface area contributed by atoms with Crippen LogP contribution in [0.5, 0.6) is 0 Å². The molecule has 21 heavy (non-hydrogen) atoms. The van der Waals surface area contributed by atoms with Crippen LogP contribution in [0.15, 0.2) is 43.1 Å². The van der Waals surface area contributed by atoms with Crippen molar-refractivity contribution in [3.8, 4) is 11.4 Å². The van der Waals surface area contributed by atoms with Crippen LogP contribution >= 0.6 is 0 Å². The summed E-state index contributed by atoms with van der Waals surface area (Å²) >= 11 is 0. The van der Waals surface area contributed by atoms with Crippen molar-refractivity contribution in [3.05, 3.63) is 48.7 Å². The SMILES string of the molecule is O=C(c1cccnc1N1CCC1)n1ccc2ncnc-2c1. The smallest absolute Gasteiger partial charge is 0.265 e. The topological polar surface area (TPSA) is 63.9 Å². The predicted molar refractivity (Wildman–Crippen MR) is 77.4 cm³/mol. The van der Waals surface area contributed by atoms with Crippen molar-refractivity contribution in [1.82, 2.24) is 19.5 Å². The molecule has 6 heteroatoms. The molecule has 0 saturated carbocycles. The summed E-state index contributed by atoms with van der Waals surface area (Å²) < 4.78 is 1.54. The van der Waals surface area contributed by atoms with E-state index in [0.29, 0.717) is 11.3 Å². The Morgan fingerprint density at radius 1 is 1.10 bits per heavy atom. The molecule has 1 saturated heterocycles. The molecular formula is C15H13N5O. The van der Waals surface area contributed by atoms with E-state index < -0.39 is 0 Å². The summed E-state index contributed by atoms with van der Waals surface area (Å²) in [5.41, 5.74) is 2.11. The Labute approximate surface area is 121 Å². The summed E-state index contributed by atoms with van der Waals surface area (Å²) in [4.78, 5) is 27.4. The van der Waals surface area contributed by atoms with Crippen molar-refractivity contribution in [1.29, 1.82) is 0 Å². The number of fused-ring (bicyclic) bond motifs is 1. The number of carbonyl (C=O) groups is 1. The monoisotopic (exact) mass is 279 g/mol. The first kappa shape index (κ1) is 12.0. The fourth-order valence-corrected chi connectivity index (χ4v) is 2.45. The first-order valence-electron chi connectivity index (χ1n) is 6.86. The molecule has 0 radical (unpaired) electrons. The number of hydrogen-bond acceptors (Lipinski definition) is 5. The van der Waals surface area contributed by atoms with Gasteiger partial charge in [0.05, 0.1) is 11.3 Å². The lowest BCUT2D eigenvalue weighted by atomic mass is 10.1. The van der Waals surface area contributed by atoms with E-state index in [2.05, 4.69) is 19.9 Å². The Hall–Kier alpha value is -2.76. The van der Waals surface area contributed by atoms with E-state index in [4.69, 9.17) is 0 Å². The standard InChI is InChI=1S/C15H13N5O/c21-15(20-8-4-12-13(9-20)18-10-17-12)11-3-1-5-16-14(11)19-6-2-7-19/h1,3-5,8-10H,2,6-7H2. The van der Waals surface area contributed by atoms with Crippen molar-refractivity contribution in [2.45, 2.75) is 6.42 Å². The molecule has 4 rings (SSSR count). The minimum atomic E-state index is -0.102. The van der Waals surface area contributed by atoms with Crippen LogP contribution in [0.1, 0.15) is 16.8 Å². The fraction of sp³-hybridized carbons (Fsp3) is 0.200. The molecule has 0 unspecified atom stereocenters. The highest BCUT2D eigenvalue weighted by molar-refractivity contribution is 6.00. The highest BCUT2D eigenvalue weighted by Crippen LogP contribution is 2.24. The lowest BCUT2D eigenvalue weighted by molar-refractivity contribution is 0.0959. The average molecular weight is 279 g/mol. The second-order valence-electron chi connectivity index (χ2n) is 5.02. The third-order valence-electron chi connectivity index (χ3n) is 3.72. The Morgan fingerprint density at radius 2 is 1.95 bits per heavy atom. The van der Waals surface area contributed by atoms with Gasteiger partial charge in [0.15, 0.2) is 0 Å². The molecule has 1 aromatic heterocycles. The van der Waals surface area contributed by atoms with Gasteiger partial charge in [0, 0.05) is 31.7 Å². The zero-order valence-corrected chi connectivity index (χ0v) is 11.3. The maximum absolute atomic E-state index is 12.7. The molecule has 3 aliphatic heterocycles. The van der Waals surface area contributed by atoms with Crippen LogP contribution < -0.4 is 4.90 Å². The van der Waals surface area contributed by atoms with Crippen LogP contribution in [0.3, 0.4) is 0 Å². The van der Waals surface area contributed by atoms with Crippen molar-refractivity contribution in [2.75, 3.05) is 18.0 Å². The van der Waals surface area contributed by atoms with E-state index in [1.807, 2.05) is 6.07 Å². The minimum absolute atomic E-state index is 0.102. The van der Waals surface area contributed by atoms with Gasteiger partial charge in [0.2, 0.25) is 0 Å². The van der Waals surface area contributed by atoms with Crippen LogP contribution in [-0.4, -0.2) is 38.5 Å². The second kappa shape index (κ2) is 4.66. The lowest BCUT2D eigenvalue weighted by Crippen LogP contribution is -2.39. The zero-order chi connectivity index (χ0) is 14.2. The van der Waals surface area contributed by atoms with E-state index in [1.165, 1.54) is 10.9 Å². The highest BCUT2D eigenvalue weighted by atomic mass is 16.2. The first-order valence-corrected chi connectivity index (χ1v) is 6.86. The molecule has 1 fully saturated rings. The number of nitrogens with zero attached hydrogens (tertiary/aromatic N) is 5. The van der Waals surface area contributed by atoms with Crippen molar-refractivity contribution >= 4 is 11.7 Å². The summed E-state index contributed by atoms with van der Waals surface area (Å²) in [5.74, 6) is 0.657. The van der Waals surface area contributed by atoms with Gasteiger partial charge in [-0.2, -0.15) is 0 Å². The number of hydrogen-bond donors (Lipinski definition) is 0. The van der Waals surface area contributed by atoms with Crippen molar-refractivity contribution in [3.63, 3.8) is 0 Å². The van der Waals surface area contributed by atoms with Crippen LogP contribution in [0.4, 0.5) is 5.82 Å². The maximum atomic E-state index is 12.7. The van der Waals surface area contributed by atoms with E-state index in [-0.39, 0.29) is 5.91 Å². The van der Waals surface area contributed by atoms with Gasteiger partial charge in [-0.3, -0.25) is 9.36 Å². The van der Waals surface area contributed by atoms with Crippen LogP contribution in [0.2, 0.25) is 0 Å². The Morgan fingerprint density at radius 3 is 2.76 bits per heavy atom. The molecule has 4 heterocycles. The predicted octanol–water partition coefficient (Wildman–Crippen LogP) is 1.68. The average Bonchev–Trinajstić information content (AvgIpc) is 2.92. The summed E-state index contributed by atoms with van der Waals surface area (Å²) in [6.07, 6.45) is 7.78. The number of aromatic nitrogens is 4. The molecule has 0 atom stereocenters. The molecule has 1 aromatic rings. The van der Waals surface area contributed by atoms with E-state index in [9.17, 15) is 4.79 Å². The molecule has 104 valence electrons. The maximum Gasteiger partial charge on any atom is 0.265 e. The third-order valence-corrected chi connectivity index (χ3v) is 3.72. The van der Waals surface area contributed by atoms with Gasteiger partial charge in [-0.1, -0.05) is 0 Å². The molecule has 0 aromatic carbocycles. The molecule has 0 bridgehead atoms. The van der Waals surface area contributed by atoms with Crippen molar-refractivity contribution in [2.24, 2.45) is 0 Å². The third kappa shape index (κ3) is 1.96. The van der Waals surface area contributed by atoms with E-state index in [1.54, 1.807) is 30.7 Å². The quantitative estimate of drug-likeness (QED) is 0.714. The normalized spacial score (nSPS) is 14.2. The Kier molecular flexibility index (Phi) is 2.67. The molecular weight excluding hydrogens is 266 g/mol. The number of imidazole rings is 1. The van der Waals surface area contributed by atoms with Crippen LogP contribution in [0, 0.1) is 0 Å². The largest absolute Gasteiger partial charge is 0.356 e. The van der Waals surface area contributed by atoms with Gasteiger partial charge >= 0.3 is 0 Å². The summed E-state index contributed by atoms with van der Waals surface area (Å²) in [6, 6.07) is 5.40. The van der Waals surface area contributed by atoms with Gasteiger partial charge in [0.25, 0.3) is 5.91 Å². The first-order chi connectivity index (χ1) is 10.3. The molecule has 3 aliphatic rings. The minimum Gasteiger partial charge on any atom is -0.356 e.